The van der Waals surface area contributed by atoms with Crippen molar-refractivity contribution in [3.63, 3.8) is 0 Å². The van der Waals surface area contributed by atoms with Gasteiger partial charge in [-0.15, -0.1) is 5.10 Å². The van der Waals surface area contributed by atoms with Gasteiger partial charge in [-0.05, 0) is 6.92 Å². The molecule has 0 saturated carbocycles. The van der Waals surface area contributed by atoms with E-state index >= 15 is 0 Å². The zero-order chi connectivity index (χ0) is 13.1. The number of nitrogens with zero attached hydrogens (tertiary/aromatic N) is 5. The normalized spacial score (nSPS) is 10.3. The second-order valence-corrected chi connectivity index (χ2v) is 4.05. The zero-order valence-electron chi connectivity index (χ0n) is 9.19. The molecule has 0 atom stereocenters. The molecule has 0 unspecified atom stereocenters. The van der Waals surface area contributed by atoms with Crippen LogP contribution < -0.4 is 5.32 Å². The molecule has 0 aromatic carbocycles. The second kappa shape index (κ2) is 4.87. The number of hydrogen-bond acceptors (Lipinski definition) is 7. The van der Waals surface area contributed by atoms with Crippen molar-refractivity contribution in [2.24, 2.45) is 0 Å². The molecule has 2 rings (SSSR count). The van der Waals surface area contributed by atoms with Crippen LogP contribution in [0, 0.1) is 6.92 Å². The Morgan fingerprint density at radius 3 is 2.94 bits per heavy atom. The van der Waals surface area contributed by atoms with Crippen LogP contribution >= 0.6 is 11.5 Å². The highest BCUT2D eigenvalue weighted by molar-refractivity contribution is 7.09. The largest absolute Gasteiger partial charge is 0.480 e. The maximum atomic E-state index is 11.7. The predicted octanol–water partition coefficient (Wildman–Crippen LogP) is -0.225. The average molecular weight is 268 g/mol. The molecule has 0 fully saturated rings. The van der Waals surface area contributed by atoms with E-state index in [1.165, 1.54) is 6.20 Å². The summed E-state index contributed by atoms with van der Waals surface area (Å²) in [5, 5.41) is 18.5. The number of amides is 1. The molecule has 2 aromatic heterocycles. The van der Waals surface area contributed by atoms with Crippen molar-refractivity contribution in [1.29, 1.82) is 0 Å². The maximum absolute atomic E-state index is 11.7. The smallest absolute Gasteiger partial charge is 0.325 e. The van der Waals surface area contributed by atoms with Crippen molar-refractivity contribution < 1.29 is 14.7 Å². The molecule has 0 spiro atoms. The Labute approximate surface area is 105 Å². The summed E-state index contributed by atoms with van der Waals surface area (Å²) in [7, 11) is 0. The lowest BCUT2D eigenvalue weighted by atomic mass is 10.4. The van der Waals surface area contributed by atoms with Gasteiger partial charge in [0.05, 0.1) is 6.20 Å². The molecule has 0 radical (unpaired) electrons. The number of anilines is 1. The Bertz CT molecular complexity index is 591. The number of nitrogens with one attached hydrogen (secondary N) is 1. The molecular weight excluding hydrogens is 260 g/mol. The lowest BCUT2D eigenvalue weighted by Crippen LogP contribution is -2.12. The zero-order valence-corrected chi connectivity index (χ0v) is 10.0. The van der Waals surface area contributed by atoms with Gasteiger partial charge in [-0.3, -0.25) is 14.9 Å². The van der Waals surface area contributed by atoms with Crippen molar-refractivity contribution in [3.8, 4) is 0 Å². The monoisotopic (exact) mass is 268 g/mol. The fourth-order valence-electron chi connectivity index (χ4n) is 1.13. The summed E-state index contributed by atoms with van der Waals surface area (Å²) in [5.41, 5.74) is 0.0177. The molecule has 2 N–H and O–H groups in total. The average Bonchev–Trinajstić information content (AvgIpc) is 2.87. The molecule has 18 heavy (non-hydrogen) atoms. The van der Waals surface area contributed by atoms with Crippen LogP contribution in [0.5, 0.6) is 0 Å². The topological polar surface area (TPSA) is 123 Å². The number of hydrogen-bond donors (Lipinski definition) is 2. The first-order chi connectivity index (χ1) is 8.54. The summed E-state index contributed by atoms with van der Waals surface area (Å²) >= 11 is 1.05. The van der Waals surface area contributed by atoms with E-state index in [2.05, 4.69) is 25.0 Å². The standard InChI is InChI=1S/C8H8N6O3S/c1-4-9-8(18-12-4)10-7(17)5-2-14(13-11-5)3-6(15)16/h2H,3H2,1H3,(H,15,16)(H,9,10,12,17). The third-order valence-corrected chi connectivity index (χ3v) is 2.54. The third kappa shape index (κ3) is 2.85. The van der Waals surface area contributed by atoms with Crippen molar-refractivity contribution in [2.45, 2.75) is 13.5 Å². The second-order valence-electron chi connectivity index (χ2n) is 3.30. The minimum Gasteiger partial charge on any atom is -0.480 e. The van der Waals surface area contributed by atoms with Crippen molar-refractivity contribution >= 4 is 28.5 Å². The van der Waals surface area contributed by atoms with Crippen LogP contribution in [0.4, 0.5) is 5.13 Å². The Balaban J connectivity index is 2.05. The van der Waals surface area contributed by atoms with E-state index < -0.39 is 11.9 Å². The number of aliphatic carboxylic acids is 1. The van der Waals surface area contributed by atoms with Crippen LogP contribution in [-0.2, 0) is 11.3 Å². The van der Waals surface area contributed by atoms with Crippen LogP contribution in [0.3, 0.4) is 0 Å². The SMILES string of the molecule is Cc1nsc(NC(=O)c2cn(CC(=O)O)nn2)n1. The fraction of sp³-hybridized carbons (Fsp3) is 0.250. The Kier molecular flexibility index (Phi) is 3.28. The van der Waals surface area contributed by atoms with Crippen molar-refractivity contribution in [2.75, 3.05) is 5.32 Å². The minimum absolute atomic E-state index is 0.0177. The van der Waals surface area contributed by atoms with E-state index in [0.29, 0.717) is 11.0 Å². The van der Waals surface area contributed by atoms with Gasteiger partial charge in [0.15, 0.2) is 5.69 Å². The summed E-state index contributed by atoms with van der Waals surface area (Å²) in [6.45, 7) is 1.35. The lowest BCUT2D eigenvalue weighted by Gasteiger charge is -1.95. The lowest BCUT2D eigenvalue weighted by molar-refractivity contribution is -0.137. The van der Waals surface area contributed by atoms with Gasteiger partial charge in [0.2, 0.25) is 5.13 Å². The minimum atomic E-state index is -1.06. The summed E-state index contributed by atoms with van der Waals surface area (Å²) in [5.74, 6) is -1.01. The van der Waals surface area contributed by atoms with Crippen molar-refractivity contribution in [1.82, 2.24) is 24.4 Å². The van der Waals surface area contributed by atoms with Gasteiger partial charge >= 0.3 is 5.97 Å². The van der Waals surface area contributed by atoms with Crippen LogP contribution in [0.15, 0.2) is 6.20 Å². The molecule has 0 aliphatic rings. The molecule has 94 valence electrons. The Morgan fingerprint density at radius 1 is 1.56 bits per heavy atom. The van der Waals surface area contributed by atoms with Gasteiger partial charge in [-0.25, -0.2) is 9.67 Å². The molecule has 0 saturated heterocycles. The third-order valence-electron chi connectivity index (χ3n) is 1.82. The van der Waals surface area contributed by atoms with E-state index in [0.717, 1.165) is 16.2 Å². The number of carbonyl (C=O) groups excluding carboxylic acids is 1. The molecule has 2 heterocycles. The number of rotatable bonds is 4. The molecule has 1 amide bonds. The molecular formula is C8H8N6O3S. The summed E-state index contributed by atoms with van der Waals surface area (Å²) in [6, 6.07) is 0. The Morgan fingerprint density at radius 2 is 2.33 bits per heavy atom. The van der Waals surface area contributed by atoms with Crippen LogP contribution in [0.1, 0.15) is 16.3 Å². The fourth-order valence-corrected chi connectivity index (χ4v) is 1.70. The van der Waals surface area contributed by atoms with E-state index in [9.17, 15) is 9.59 Å². The quantitative estimate of drug-likeness (QED) is 0.785. The first-order valence-electron chi connectivity index (χ1n) is 4.78. The van der Waals surface area contributed by atoms with Gasteiger partial charge in [-0.2, -0.15) is 4.37 Å². The number of carboxylic acid groups (broad SMARTS) is 1. The number of aryl methyl sites for hydroxylation is 1. The Hall–Kier alpha value is -2.36. The number of aromatic nitrogens is 5. The number of carboxylic acids is 1. The van der Waals surface area contributed by atoms with Crippen molar-refractivity contribution in [3.05, 3.63) is 17.7 Å². The van der Waals surface area contributed by atoms with E-state index in [-0.39, 0.29) is 12.2 Å². The molecule has 2 aromatic rings. The first kappa shape index (κ1) is 12.1. The number of carbonyl (C=O) groups is 2. The highest BCUT2D eigenvalue weighted by atomic mass is 32.1. The highest BCUT2D eigenvalue weighted by Crippen LogP contribution is 2.11. The molecule has 0 aliphatic carbocycles. The van der Waals surface area contributed by atoms with Gasteiger partial charge in [0, 0.05) is 11.5 Å². The van der Waals surface area contributed by atoms with Gasteiger partial charge < -0.3 is 5.11 Å². The maximum Gasteiger partial charge on any atom is 0.325 e. The highest BCUT2D eigenvalue weighted by Gasteiger charge is 2.13. The summed E-state index contributed by atoms with van der Waals surface area (Å²) in [4.78, 5) is 26.1. The van der Waals surface area contributed by atoms with Gasteiger partial charge in [0.1, 0.15) is 12.4 Å². The van der Waals surface area contributed by atoms with Gasteiger partial charge in [0.25, 0.3) is 5.91 Å². The molecule has 10 heteroatoms. The van der Waals surface area contributed by atoms with Crippen LogP contribution in [0.25, 0.3) is 0 Å². The van der Waals surface area contributed by atoms with E-state index in [1.54, 1.807) is 6.92 Å². The summed E-state index contributed by atoms with van der Waals surface area (Å²) < 4.78 is 4.96. The summed E-state index contributed by atoms with van der Waals surface area (Å²) in [6.07, 6.45) is 1.25. The first-order valence-corrected chi connectivity index (χ1v) is 5.55. The van der Waals surface area contributed by atoms with Crippen LogP contribution in [0.2, 0.25) is 0 Å². The van der Waals surface area contributed by atoms with Crippen LogP contribution in [-0.4, -0.2) is 41.3 Å². The van der Waals surface area contributed by atoms with Gasteiger partial charge in [-0.1, -0.05) is 5.21 Å². The molecule has 9 nitrogen and oxygen atoms in total. The van der Waals surface area contributed by atoms with E-state index in [4.69, 9.17) is 5.11 Å². The predicted molar refractivity (Wildman–Crippen MR) is 60.3 cm³/mol. The molecule has 0 aliphatic heterocycles. The van der Waals surface area contributed by atoms with E-state index in [1.807, 2.05) is 0 Å². The molecule has 0 bridgehead atoms.